The lowest BCUT2D eigenvalue weighted by Crippen LogP contribution is -2.30. The van der Waals surface area contributed by atoms with E-state index in [0.717, 1.165) is 5.56 Å². The molecule has 0 spiro atoms. The van der Waals surface area contributed by atoms with Gasteiger partial charge in [0.05, 0.1) is 0 Å². The van der Waals surface area contributed by atoms with E-state index in [0.29, 0.717) is 19.6 Å². The van der Waals surface area contributed by atoms with Crippen molar-refractivity contribution in [3.05, 3.63) is 33.4 Å². The van der Waals surface area contributed by atoms with Gasteiger partial charge in [-0.2, -0.15) is 0 Å². The normalized spacial score (nSPS) is 17.2. The number of nitro groups is 1. The molecule has 1 aliphatic rings. The van der Waals surface area contributed by atoms with Crippen LogP contribution in [0.4, 0.5) is 0 Å². The summed E-state index contributed by atoms with van der Waals surface area (Å²) in [7, 11) is 0. The van der Waals surface area contributed by atoms with Gasteiger partial charge in [0.25, 0.3) is 5.96 Å². The van der Waals surface area contributed by atoms with Crippen molar-refractivity contribution in [3.63, 3.8) is 0 Å². The third kappa shape index (κ3) is 3.00. The minimum Gasteiger partial charge on any atom is -0.349 e. The molecule has 0 aromatic carbocycles. The topological polar surface area (TPSA) is 96.5 Å². The molecule has 17 heavy (non-hydrogen) atoms. The number of hydrogen-bond acceptors (Lipinski definition) is 4. The van der Waals surface area contributed by atoms with Crippen LogP contribution in [0.3, 0.4) is 0 Å². The monoisotopic (exact) mass is 256 g/mol. The molecule has 0 saturated carbocycles. The first-order chi connectivity index (χ1) is 8.15. The van der Waals surface area contributed by atoms with Crippen LogP contribution in [-0.4, -0.2) is 38.9 Å². The molecule has 2 heterocycles. The van der Waals surface area contributed by atoms with Crippen molar-refractivity contribution in [2.24, 2.45) is 5.10 Å². The Kier molecular flexibility index (Phi) is 3.33. The molecule has 2 rings (SSSR count). The Labute approximate surface area is 101 Å². The Morgan fingerprint density at radius 2 is 2.29 bits per heavy atom. The van der Waals surface area contributed by atoms with Crippen molar-refractivity contribution in [2.75, 3.05) is 13.1 Å². The Bertz CT molecular complexity index is 448. The molecule has 1 fully saturated rings. The first kappa shape index (κ1) is 11.5. The van der Waals surface area contributed by atoms with Crippen molar-refractivity contribution >= 4 is 17.6 Å². The summed E-state index contributed by atoms with van der Waals surface area (Å²) < 4.78 is 0. The maximum Gasteiger partial charge on any atom is 0.271 e. The molecule has 90 valence electrons. The van der Waals surface area contributed by atoms with Gasteiger partial charge in [0.15, 0.2) is 5.03 Å². The minimum atomic E-state index is -0.723. The van der Waals surface area contributed by atoms with Gasteiger partial charge in [0, 0.05) is 37.6 Å². The van der Waals surface area contributed by atoms with Crippen molar-refractivity contribution < 1.29 is 5.03 Å². The summed E-state index contributed by atoms with van der Waals surface area (Å²) in [4.78, 5) is 19.7. The summed E-state index contributed by atoms with van der Waals surface area (Å²) in [6.07, 6.45) is 3.16. The van der Waals surface area contributed by atoms with Crippen LogP contribution in [0.1, 0.15) is 5.56 Å². The zero-order valence-corrected chi connectivity index (χ0v) is 9.46. The summed E-state index contributed by atoms with van der Waals surface area (Å²) in [5, 5.41) is 15.9. The lowest BCUT2D eigenvalue weighted by molar-refractivity contribution is -0.485. The van der Waals surface area contributed by atoms with Crippen LogP contribution >= 0.6 is 11.6 Å². The molecule has 9 heteroatoms. The second-order valence-corrected chi connectivity index (χ2v) is 3.71. The molecule has 1 aliphatic heterocycles. The minimum absolute atomic E-state index is 0.174. The smallest absolute Gasteiger partial charge is 0.271 e. The summed E-state index contributed by atoms with van der Waals surface area (Å²) in [5.74, 6) is 0.255. The first-order valence-electron chi connectivity index (χ1n) is 4.83. The van der Waals surface area contributed by atoms with Crippen LogP contribution in [0.15, 0.2) is 17.5 Å². The Morgan fingerprint density at radius 1 is 1.59 bits per heavy atom. The molecule has 1 saturated heterocycles. The summed E-state index contributed by atoms with van der Waals surface area (Å²) in [5.41, 5.74) is 0.814. The highest BCUT2D eigenvalue weighted by Gasteiger charge is 2.21. The molecule has 1 aromatic heterocycles. The molecule has 0 amide bonds. The predicted molar refractivity (Wildman–Crippen MR) is 59.9 cm³/mol. The summed E-state index contributed by atoms with van der Waals surface area (Å²) >= 11 is 5.56. The maximum atomic E-state index is 10.3. The van der Waals surface area contributed by atoms with Crippen LogP contribution in [0.25, 0.3) is 0 Å². The van der Waals surface area contributed by atoms with Crippen molar-refractivity contribution in [1.82, 2.24) is 20.2 Å². The SMILES string of the molecule is O=[N+]([O-])/N=C1\NCCN1Cc1cnc(Cl)nc1. The van der Waals surface area contributed by atoms with Crippen molar-refractivity contribution in [3.8, 4) is 0 Å². The molecule has 1 N–H and O–H groups in total. The second kappa shape index (κ2) is 4.91. The molecule has 0 unspecified atom stereocenters. The summed E-state index contributed by atoms with van der Waals surface area (Å²) in [6, 6.07) is 0. The molecule has 0 aliphatic carbocycles. The van der Waals surface area contributed by atoms with Gasteiger partial charge >= 0.3 is 0 Å². The van der Waals surface area contributed by atoms with Crippen LogP contribution < -0.4 is 5.32 Å². The average molecular weight is 257 g/mol. The Balaban J connectivity index is 2.07. The molecule has 8 nitrogen and oxygen atoms in total. The van der Waals surface area contributed by atoms with Gasteiger partial charge in [0.1, 0.15) is 5.10 Å². The number of halogens is 1. The maximum absolute atomic E-state index is 10.3. The number of hydrazone groups is 1. The lowest BCUT2D eigenvalue weighted by atomic mass is 10.3. The van der Waals surface area contributed by atoms with Gasteiger partial charge in [-0.25, -0.2) is 20.1 Å². The van der Waals surface area contributed by atoms with Crippen LogP contribution in [0, 0.1) is 10.1 Å². The van der Waals surface area contributed by atoms with Crippen LogP contribution in [-0.2, 0) is 6.54 Å². The van der Waals surface area contributed by atoms with Crippen molar-refractivity contribution in [2.45, 2.75) is 6.54 Å². The number of nitrogens with zero attached hydrogens (tertiary/aromatic N) is 5. The number of nitrogens with one attached hydrogen (secondary N) is 1. The third-order valence-corrected chi connectivity index (χ3v) is 2.38. The highest BCUT2D eigenvalue weighted by atomic mass is 35.5. The Hall–Kier alpha value is -1.96. The number of guanidine groups is 1. The first-order valence-corrected chi connectivity index (χ1v) is 5.21. The zero-order chi connectivity index (χ0) is 12.3. The summed E-state index contributed by atoms with van der Waals surface area (Å²) in [6.45, 7) is 1.73. The van der Waals surface area contributed by atoms with Crippen LogP contribution in [0.5, 0.6) is 0 Å². The van der Waals surface area contributed by atoms with Crippen LogP contribution in [0.2, 0.25) is 5.28 Å². The fourth-order valence-corrected chi connectivity index (χ4v) is 1.59. The molecule has 1 aromatic rings. The highest BCUT2D eigenvalue weighted by molar-refractivity contribution is 6.28. The van der Waals surface area contributed by atoms with E-state index in [2.05, 4.69) is 20.4 Å². The molecular formula is C8H9ClN6O2. The molecule has 0 atom stereocenters. The quantitative estimate of drug-likeness (QED) is 0.467. The molecule has 0 radical (unpaired) electrons. The molecule has 0 bridgehead atoms. The fraction of sp³-hybridized carbons (Fsp3) is 0.375. The second-order valence-electron chi connectivity index (χ2n) is 3.37. The van der Waals surface area contributed by atoms with Gasteiger partial charge in [-0.05, 0) is 11.6 Å². The average Bonchev–Trinajstić information content (AvgIpc) is 2.68. The van der Waals surface area contributed by atoms with Gasteiger partial charge in [-0.3, -0.25) is 0 Å². The van der Waals surface area contributed by atoms with Gasteiger partial charge in [0.2, 0.25) is 5.28 Å². The van der Waals surface area contributed by atoms with E-state index >= 15 is 0 Å². The van der Waals surface area contributed by atoms with E-state index in [1.165, 1.54) is 0 Å². The highest BCUT2D eigenvalue weighted by Crippen LogP contribution is 2.07. The largest absolute Gasteiger partial charge is 0.349 e. The van der Waals surface area contributed by atoms with E-state index in [9.17, 15) is 10.1 Å². The van der Waals surface area contributed by atoms with E-state index < -0.39 is 5.03 Å². The Morgan fingerprint density at radius 3 is 2.94 bits per heavy atom. The van der Waals surface area contributed by atoms with Gasteiger partial charge < -0.3 is 10.2 Å². The number of hydrogen-bond donors (Lipinski definition) is 1. The zero-order valence-electron chi connectivity index (χ0n) is 8.71. The van der Waals surface area contributed by atoms with Gasteiger partial charge in [-0.1, -0.05) is 0 Å². The fourth-order valence-electron chi connectivity index (χ4n) is 1.49. The molecular weight excluding hydrogens is 248 g/mol. The van der Waals surface area contributed by atoms with Crippen molar-refractivity contribution in [1.29, 1.82) is 0 Å². The van der Waals surface area contributed by atoms with Gasteiger partial charge in [-0.15, -0.1) is 0 Å². The lowest BCUT2D eigenvalue weighted by Gasteiger charge is -2.14. The van der Waals surface area contributed by atoms with E-state index in [1.807, 2.05) is 0 Å². The number of aromatic nitrogens is 2. The van der Waals surface area contributed by atoms with E-state index in [1.54, 1.807) is 17.3 Å². The predicted octanol–water partition coefficient (Wildman–Crippen LogP) is 0.0829. The third-order valence-electron chi connectivity index (χ3n) is 2.19. The standard InChI is InChI=1S/C8H9ClN6O2/c9-7-11-3-6(4-12-7)5-14-2-1-10-8(14)13-15(16)17/h3-4H,1-2,5H2,(H,10,13). The van der Waals surface area contributed by atoms with E-state index in [4.69, 9.17) is 11.6 Å². The number of rotatable bonds is 3. The van der Waals surface area contributed by atoms with E-state index in [-0.39, 0.29) is 11.2 Å².